The van der Waals surface area contributed by atoms with E-state index in [1.807, 2.05) is 24.3 Å². The van der Waals surface area contributed by atoms with Crippen molar-refractivity contribution in [2.45, 2.75) is 0 Å². The molecule has 0 fully saturated rings. The third-order valence-electron chi connectivity index (χ3n) is 1.69. The molecule has 0 bridgehead atoms. The van der Waals surface area contributed by atoms with Gasteiger partial charge in [0.2, 0.25) is 0 Å². The average molecular weight is 220 g/mol. The molecule has 0 saturated carbocycles. The van der Waals surface area contributed by atoms with Crippen LogP contribution in [0.15, 0.2) is 49.1 Å². The second-order valence-electron chi connectivity index (χ2n) is 2.47. The molecule has 0 unspecified atom stereocenters. The van der Waals surface area contributed by atoms with Crippen LogP contribution >= 0.6 is 0 Å². The van der Waals surface area contributed by atoms with Crippen LogP contribution in [0.4, 0.5) is 0 Å². The molecular formula is C10H8CuN2. The molecule has 0 atom stereocenters. The smallest absolute Gasteiger partial charge is 0.0273 e. The molecule has 2 aromatic heterocycles. The molecule has 0 amide bonds. The van der Waals surface area contributed by atoms with Gasteiger partial charge in [0.15, 0.2) is 0 Å². The molecule has 0 aromatic carbocycles. The Morgan fingerprint density at radius 1 is 0.615 bits per heavy atom. The van der Waals surface area contributed by atoms with E-state index in [1.54, 1.807) is 24.8 Å². The Morgan fingerprint density at radius 3 is 1.23 bits per heavy atom. The van der Waals surface area contributed by atoms with E-state index in [1.165, 1.54) is 11.1 Å². The normalized spacial score (nSPS) is 8.92. The van der Waals surface area contributed by atoms with Crippen molar-refractivity contribution in [1.82, 2.24) is 9.97 Å². The van der Waals surface area contributed by atoms with Gasteiger partial charge in [-0.3, -0.25) is 9.97 Å². The minimum atomic E-state index is 0. The van der Waals surface area contributed by atoms with Gasteiger partial charge < -0.3 is 0 Å². The number of pyridine rings is 2. The van der Waals surface area contributed by atoms with Crippen molar-refractivity contribution in [1.29, 1.82) is 0 Å². The number of rotatable bonds is 1. The van der Waals surface area contributed by atoms with Crippen LogP contribution in [-0.4, -0.2) is 9.97 Å². The van der Waals surface area contributed by atoms with Gasteiger partial charge >= 0.3 is 0 Å². The van der Waals surface area contributed by atoms with E-state index >= 15 is 0 Å². The van der Waals surface area contributed by atoms with Crippen molar-refractivity contribution in [3.05, 3.63) is 49.1 Å². The average Bonchev–Trinajstić information content (AvgIpc) is 2.21. The van der Waals surface area contributed by atoms with E-state index in [9.17, 15) is 0 Å². The topological polar surface area (TPSA) is 25.8 Å². The fraction of sp³-hybridized carbons (Fsp3) is 0. The summed E-state index contributed by atoms with van der Waals surface area (Å²) in [6, 6.07) is 7.93. The molecule has 0 aliphatic rings. The second-order valence-corrected chi connectivity index (χ2v) is 2.47. The fourth-order valence-electron chi connectivity index (χ4n) is 1.09. The van der Waals surface area contributed by atoms with Gasteiger partial charge in [0, 0.05) is 41.9 Å². The van der Waals surface area contributed by atoms with E-state index < -0.39 is 0 Å². The van der Waals surface area contributed by atoms with Crippen molar-refractivity contribution in [2.24, 2.45) is 0 Å². The molecule has 2 heterocycles. The third kappa shape index (κ3) is 2.38. The minimum absolute atomic E-state index is 0. The molecule has 13 heavy (non-hydrogen) atoms. The SMILES string of the molecule is [Cu].c1cc(-c2ccncc2)ccn1. The molecule has 0 aliphatic heterocycles. The summed E-state index contributed by atoms with van der Waals surface area (Å²) in [4.78, 5) is 7.91. The van der Waals surface area contributed by atoms with Crippen LogP contribution in [0, 0.1) is 0 Å². The Labute approximate surface area is 87.5 Å². The zero-order chi connectivity index (χ0) is 8.23. The first-order chi connectivity index (χ1) is 5.97. The zero-order valence-corrected chi connectivity index (χ0v) is 7.76. The number of hydrogen-bond donors (Lipinski definition) is 0. The Hall–Kier alpha value is -1.18. The summed E-state index contributed by atoms with van der Waals surface area (Å²) in [5.74, 6) is 0. The zero-order valence-electron chi connectivity index (χ0n) is 6.81. The molecule has 0 N–H and O–H groups in total. The van der Waals surface area contributed by atoms with Crippen molar-refractivity contribution in [3.63, 3.8) is 0 Å². The Morgan fingerprint density at radius 2 is 0.923 bits per heavy atom. The maximum absolute atomic E-state index is 3.96. The minimum Gasteiger partial charge on any atom is -0.265 e. The second kappa shape index (κ2) is 4.75. The maximum Gasteiger partial charge on any atom is 0.0273 e. The van der Waals surface area contributed by atoms with E-state index in [0.29, 0.717) is 0 Å². The van der Waals surface area contributed by atoms with Gasteiger partial charge in [-0.15, -0.1) is 0 Å². The van der Waals surface area contributed by atoms with Crippen LogP contribution in [-0.2, 0) is 17.1 Å². The largest absolute Gasteiger partial charge is 0.265 e. The summed E-state index contributed by atoms with van der Waals surface area (Å²) in [7, 11) is 0. The Balaban J connectivity index is 0.000000845. The van der Waals surface area contributed by atoms with Gasteiger partial charge in [0.05, 0.1) is 0 Å². The van der Waals surface area contributed by atoms with Crippen LogP contribution in [0.25, 0.3) is 11.1 Å². The first-order valence-corrected chi connectivity index (χ1v) is 3.77. The van der Waals surface area contributed by atoms with Crippen LogP contribution in [0.5, 0.6) is 0 Å². The third-order valence-corrected chi connectivity index (χ3v) is 1.69. The molecule has 0 spiro atoms. The summed E-state index contributed by atoms with van der Waals surface area (Å²) >= 11 is 0. The summed E-state index contributed by atoms with van der Waals surface area (Å²) in [5, 5.41) is 0. The molecule has 1 radical (unpaired) electrons. The summed E-state index contributed by atoms with van der Waals surface area (Å²) in [6.07, 6.45) is 7.15. The first-order valence-electron chi connectivity index (χ1n) is 3.77. The number of aromatic nitrogens is 2. The Bertz CT molecular complexity index is 310. The molecule has 2 nitrogen and oxygen atoms in total. The predicted octanol–water partition coefficient (Wildman–Crippen LogP) is 2.14. The fourth-order valence-corrected chi connectivity index (χ4v) is 1.09. The standard InChI is InChI=1S/C10H8N2.Cu/c1-5-11-6-2-9(1)10-3-7-12-8-4-10;/h1-8H;. The molecule has 69 valence electrons. The summed E-state index contributed by atoms with van der Waals surface area (Å²) < 4.78 is 0. The van der Waals surface area contributed by atoms with Crippen molar-refractivity contribution in [2.75, 3.05) is 0 Å². The molecule has 0 aliphatic carbocycles. The predicted molar refractivity (Wildman–Crippen MR) is 47.5 cm³/mol. The van der Waals surface area contributed by atoms with Gasteiger partial charge in [0.25, 0.3) is 0 Å². The molecule has 0 saturated heterocycles. The van der Waals surface area contributed by atoms with E-state index in [-0.39, 0.29) is 17.1 Å². The van der Waals surface area contributed by atoms with Crippen LogP contribution in [0.1, 0.15) is 0 Å². The Kier molecular flexibility index (Phi) is 3.62. The van der Waals surface area contributed by atoms with E-state index in [4.69, 9.17) is 0 Å². The van der Waals surface area contributed by atoms with E-state index in [2.05, 4.69) is 9.97 Å². The van der Waals surface area contributed by atoms with Crippen LogP contribution in [0.2, 0.25) is 0 Å². The van der Waals surface area contributed by atoms with Crippen molar-refractivity contribution in [3.8, 4) is 11.1 Å². The monoisotopic (exact) mass is 219 g/mol. The molecule has 3 heteroatoms. The molecular weight excluding hydrogens is 212 g/mol. The number of nitrogens with zero attached hydrogens (tertiary/aromatic N) is 2. The first kappa shape index (κ1) is 9.90. The van der Waals surface area contributed by atoms with Crippen molar-refractivity contribution >= 4 is 0 Å². The number of hydrogen-bond acceptors (Lipinski definition) is 2. The van der Waals surface area contributed by atoms with Crippen molar-refractivity contribution < 1.29 is 17.1 Å². The van der Waals surface area contributed by atoms with E-state index in [0.717, 1.165) is 0 Å². The quantitative estimate of drug-likeness (QED) is 0.687. The molecule has 2 rings (SSSR count). The van der Waals surface area contributed by atoms with Crippen LogP contribution < -0.4 is 0 Å². The van der Waals surface area contributed by atoms with Crippen LogP contribution in [0.3, 0.4) is 0 Å². The van der Waals surface area contributed by atoms with Gasteiger partial charge in [-0.05, 0) is 35.4 Å². The maximum atomic E-state index is 3.96. The van der Waals surface area contributed by atoms with Gasteiger partial charge in [-0.1, -0.05) is 0 Å². The van der Waals surface area contributed by atoms with Gasteiger partial charge in [-0.25, -0.2) is 0 Å². The molecule has 2 aromatic rings. The summed E-state index contributed by atoms with van der Waals surface area (Å²) in [5.41, 5.74) is 2.35. The van der Waals surface area contributed by atoms with Gasteiger partial charge in [-0.2, -0.15) is 0 Å². The summed E-state index contributed by atoms with van der Waals surface area (Å²) in [6.45, 7) is 0. The van der Waals surface area contributed by atoms with Gasteiger partial charge in [0.1, 0.15) is 0 Å².